The van der Waals surface area contributed by atoms with E-state index in [1.807, 2.05) is 107 Å². The quantitative estimate of drug-likeness (QED) is 0.0538. The van der Waals surface area contributed by atoms with Crippen LogP contribution in [0.2, 0.25) is 20.1 Å². The maximum Gasteiger partial charge on any atom is 0.264 e. The van der Waals surface area contributed by atoms with Crippen LogP contribution in [-0.4, -0.2) is 214 Å². The predicted molar refractivity (Wildman–Crippen MR) is 560 cm³/mol. The number of aryl methyl sites for hydroxylation is 1. The first-order chi connectivity index (χ1) is 66.8. The van der Waals surface area contributed by atoms with Gasteiger partial charge in [0, 0.05) is 178 Å². The molecule has 10 aromatic rings. The lowest BCUT2D eigenvalue weighted by Gasteiger charge is -2.41. The van der Waals surface area contributed by atoms with Gasteiger partial charge in [0.2, 0.25) is 29.7 Å². The molecule has 0 aliphatic carbocycles. The smallest absolute Gasteiger partial charge is 0.264 e. The Morgan fingerprint density at radius 3 is 0.964 bits per heavy atom. The van der Waals surface area contributed by atoms with Crippen LogP contribution >= 0.6 is 58.2 Å². The van der Waals surface area contributed by atoms with E-state index in [0.29, 0.717) is 123 Å². The summed E-state index contributed by atoms with van der Waals surface area (Å²) in [4.78, 5) is 99.9. The van der Waals surface area contributed by atoms with E-state index < -0.39 is 0 Å². The Bertz CT molecular complexity index is 6530. The summed E-state index contributed by atoms with van der Waals surface area (Å²) in [6.07, 6.45) is 11.4. The molecule has 0 unspecified atom stereocenters. The molecule has 5 spiro atoms. The fraction of sp³-hybridized carbons (Fsp3) is 0.500. The third-order valence-corrected chi connectivity index (χ3v) is 33.6. The summed E-state index contributed by atoms with van der Waals surface area (Å²) < 4.78 is 36.4. The van der Waals surface area contributed by atoms with E-state index in [1.165, 1.54) is 4.57 Å². The summed E-state index contributed by atoms with van der Waals surface area (Å²) in [5.74, 6) is 4.09. The summed E-state index contributed by atoms with van der Waals surface area (Å²) in [6, 6.07) is 35.2. The Hall–Kier alpha value is -10.4. The summed E-state index contributed by atoms with van der Waals surface area (Å²) in [5.41, 5.74) is 68.4. The van der Waals surface area contributed by atoms with Crippen molar-refractivity contribution in [3.63, 3.8) is 0 Å². The van der Waals surface area contributed by atoms with E-state index in [1.54, 1.807) is 108 Å². The third-order valence-electron chi connectivity index (χ3n) is 31.4. The predicted octanol–water partition coefficient (Wildman–Crippen LogP) is 9.68. The molecule has 140 heavy (non-hydrogen) atoms. The average molecular weight is 2020 g/mol. The Labute approximate surface area is 838 Å². The van der Waals surface area contributed by atoms with E-state index in [0.717, 1.165) is 158 Å². The number of rotatable bonds is 11. The number of benzene rings is 5. The second-order valence-corrected chi connectivity index (χ2v) is 42.0. The van der Waals surface area contributed by atoms with Crippen molar-refractivity contribution in [1.82, 2.24) is 47.8 Å². The van der Waals surface area contributed by atoms with Crippen molar-refractivity contribution in [3.05, 3.63) is 193 Å². The molecule has 20 rings (SSSR count). The number of piperidine rings is 5. The van der Waals surface area contributed by atoms with Crippen molar-refractivity contribution in [2.75, 3.05) is 171 Å². The number of nitrogens with two attached hydrogens (primary N) is 10. The molecule has 10 fully saturated rings. The van der Waals surface area contributed by atoms with Crippen LogP contribution in [0.3, 0.4) is 0 Å². The fourth-order valence-corrected chi connectivity index (χ4v) is 23.0. The van der Waals surface area contributed by atoms with E-state index in [9.17, 15) is 24.0 Å². The molecule has 15 heterocycles. The van der Waals surface area contributed by atoms with Crippen LogP contribution in [0, 0.1) is 34.0 Å². The summed E-state index contributed by atoms with van der Waals surface area (Å²) in [7, 11) is 8.68. The standard InChI is InChI=1S/C21H28ClN5O2.C21H29N5O2S.C20H26ClN5O2.C19H23Cl2N5O2.C19H25N5O2/c1-12-4-5-14(10-15(12)22)16-18(24)25-20(26(3)19(16)28)27-8-6-21(7-9-27)11-29-13(2)17(21)23;1-13-17(22)21(12-28-13)8-10-26(11-9-21)20-24-18(23)16(19(27)25(20)2)14-4-6-15(29-3)7-5-14;1-12-16(22)20(11-28-12)6-8-26(9-7-20)19-24-17(23)15(18(27)25(19)2)13-4-3-5-14(21)10-13;1-25-17(27)14(11-3-2-4-12(20)15(11)21)16(23)24-18(25)26-7-5-19(6-8-26)10-28-9-13(19)22;1-23-17(25)15(13-5-3-2-4-6-13)16(21)22-18(23)24-9-7-19(8-10-24)12-26-11-14(19)20/h4-5,10,13,17H,6-9,11,23-24H2,1-3H3;4-7,13,17H,8-12,22-23H2,1-3H3;3-5,10,12,16H,6-9,11,22-23H2,1-2H3;2-4,13H,5-10,22-23H2,1H3;2-6,14H,7-12,20-21H2,1H3/t2*13-,17+;12-,16+;13-;14-/m00011/s1. The third kappa shape index (κ3) is 19.9. The first kappa shape index (κ1) is 103. The zero-order chi connectivity index (χ0) is 100. The van der Waals surface area contributed by atoms with Crippen molar-refractivity contribution >= 4 is 117 Å². The number of anilines is 10. The molecule has 0 saturated carbocycles. The molecule has 10 saturated heterocycles. The molecule has 40 heteroatoms. The Morgan fingerprint density at radius 2 is 0.650 bits per heavy atom. The second kappa shape index (κ2) is 41.9. The van der Waals surface area contributed by atoms with Crippen LogP contribution in [0.15, 0.2) is 144 Å². The number of hydrogen-bond donors (Lipinski definition) is 10. The first-order valence-corrected chi connectivity index (χ1v) is 50.5. The minimum atomic E-state index is -0.257. The van der Waals surface area contributed by atoms with Crippen LogP contribution in [-0.2, 0) is 58.9 Å². The molecule has 750 valence electrons. The van der Waals surface area contributed by atoms with Crippen molar-refractivity contribution in [1.29, 1.82) is 0 Å². The first-order valence-electron chi connectivity index (χ1n) is 47.8. The molecule has 10 aliphatic heterocycles. The van der Waals surface area contributed by atoms with Crippen molar-refractivity contribution in [2.24, 2.45) is 91.0 Å². The largest absolute Gasteiger partial charge is 0.383 e. The number of halogens is 4. The van der Waals surface area contributed by atoms with E-state index in [4.69, 9.17) is 127 Å². The number of nitrogen functional groups attached to an aromatic ring is 5. The summed E-state index contributed by atoms with van der Waals surface area (Å²) in [5, 5.41) is 1.80. The van der Waals surface area contributed by atoms with E-state index in [-0.39, 0.29) is 143 Å². The lowest BCUT2D eigenvalue weighted by molar-refractivity contribution is 0.0972. The highest BCUT2D eigenvalue weighted by Crippen LogP contribution is 2.48. The van der Waals surface area contributed by atoms with Crippen LogP contribution in [0.5, 0.6) is 0 Å². The van der Waals surface area contributed by atoms with Crippen LogP contribution < -0.4 is 110 Å². The number of nitrogens with zero attached hydrogens (tertiary/aromatic N) is 15. The van der Waals surface area contributed by atoms with Gasteiger partial charge in [-0.2, -0.15) is 24.9 Å². The summed E-state index contributed by atoms with van der Waals surface area (Å²) in [6.45, 7) is 20.5. The Morgan fingerprint density at radius 1 is 0.350 bits per heavy atom. The fourth-order valence-electron chi connectivity index (χ4n) is 21.8. The van der Waals surface area contributed by atoms with Gasteiger partial charge in [-0.25, -0.2) is 0 Å². The van der Waals surface area contributed by atoms with Gasteiger partial charge in [-0.3, -0.25) is 46.8 Å². The Balaban J connectivity index is 0.000000126. The molecule has 5 aromatic carbocycles. The minimum Gasteiger partial charge on any atom is -0.383 e. The van der Waals surface area contributed by atoms with Gasteiger partial charge in [0.15, 0.2) is 0 Å². The van der Waals surface area contributed by atoms with Gasteiger partial charge in [0.05, 0.1) is 102 Å². The molecule has 0 bridgehead atoms. The molecule has 10 aliphatic rings. The number of ether oxygens (including phenoxy) is 5. The topological polar surface area (TPSA) is 497 Å². The molecular weight excluding hydrogens is 1890 g/mol. The highest BCUT2D eigenvalue weighted by molar-refractivity contribution is 7.98. The zero-order valence-corrected chi connectivity index (χ0v) is 85.0. The van der Waals surface area contributed by atoms with E-state index in [2.05, 4.69) is 49.4 Å². The number of aromatic nitrogens is 10. The molecule has 20 N–H and O–H groups in total. The molecular formula is C100H131Cl4N25O10S. The van der Waals surface area contributed by atoms with Gasteiger partial charge in [-0.05, 0) is 162 Å². The van der Waals surface area contributed by atoms with Gasteiger partial charge >= 0.3 is 0 Å². The second-order valence-electron chi connectivity index (χ2n) is 39.5. The molecule has 0 radical (unpaired) electrons. The molecule has 8 atom stereocenters. The highest BCUT2D eigenvalue weighted by Gasteiger charge is 2.52. The van der Waals surface area contributed by atoms with Gasteiger partial charge in [0.1, 0.15) is 29.1 Å². The van der Waals surface area contributed by atoms with Gasteiger partial charge in [-0.15, -0.1) is 11.8 Å². The van der Waals surface area contributed by atoms with Crippen LogP contribution in [0.25, 0.3) is 55.6 Å². The maximum atomic E-state index is 13.1. The van der Waals surface area contributed by atoms with Crippen LogP contribution in [0.4, 0.5) is 58.8 Å². The SMILES string of the molecule is CSc1ccc(-c2c(N)nc(N3CCC4(CC3)CO[C@@H](C)[C@H]4N)n(C)c2=O)cc1.C[C@@H]1OCC2(CCN(c3nc(N)c(-c4cccc(Cl)c4)c(=O)n3C)CC2)[C@@H]1N.Cc1ccc(-c2c(N)nc(N3CCC4(CC3)CO[C@@H](C)[C@H]4N)n(C)c2=O)cc1Cl.Cn1c(N2CCC3(CC2)COC[C@H]3N)nc(N)c(-c2cccc(Cl)c2Cl)c1=O.Cn1c(N2CCC3(CC2)COC[C@H]3N)nc(N)c(-c2ccccc2)c1=O. The van der Waals surface area contributed by atoms with Crippen molar-refractivity contribution < 1.29 is 23.7 Å². The zero-order valence-electron chi connectivity index (χ0n) is 81.2. The Kier molecular flexibility index (Phi) is 30.7. The number of thioether (sulfide) groups is 1. The molecule has 35 nitrogen and oxygen atoms in total. The minimum absolute atomic E-state index is 0.0128. The van der Waals surface area contributed by atoms with Crippen molar-refractivity contribution in [3.8, 4) is 55.6 Å². The van der Waals surface area contributed by atoms with Gasteiger partial charge in [-0.1, -0.05) is 125 Å². The highest BCUT2D eigenvalue weighted by atomic mass is 35.5. The lowest BCUT2D eigenvalue weighted by Crippen LogP contribution is -2.51. The molecule has 5 aromatic heterocycles. The van der Waals surface area contributed by atoms with Gasteiger partial charge in [0.25, 0.3) is 27.8 Å². The normalized spacial score (nSPS) is 23.0. The maximum absolute atomic E-state index is 13.1. The lowest BCUT2D eigenvalue weighted by atomic mass is 9.73. The van der Waals surface area contributed by atoms with Crippen molar-refractivity contribution in [2.45, 2.75) is 145 Å². The molecule has 0 amide bonds. The van der Waals surface area contributed by atoms with Gasteiger partial charge < -0.3 is 106 Å². The summed E-state index contributed by atoms with van der Waals surface area (Å²) >= 11 is 26.4. The van der Waals surface area contributed by atoms with E-state index >= 15 is 0 Å². The monoisotopic (exact) mass is 2010 g/mol. The average Bonchev–Trinajstić information content (AvgIpc) is 1.29. The van der Waals surface area contributed by atoms with Crippen LogP contribution in [0.1, 0.15) is 90.5 Å². The number of hydrogen-bond acceptors (Lipinski definition) is 31.